The van der Waals surface area contributed by atoms with Gasteiger partial charge in [-0.2, -0.15) is 0 Å². The molecule has 2 heteroatoms. The first kappa shape index (κ1) is 9.38. The summed E-state index contributed by atoms with van der Waals surface area (Å²) in [6.45, 7) is 1.81. The fourth-order valence-electron chi connectivity index (χ4n) is 1.71. The van der Waals surface area contributed by atoms with Gasteiger partial charge in [-0.3, -0.25) is 4.79 Å². The number of benzene rings is 1. The first-order valence-electron chi connectivity index (χ1n) is 5.05. The fourth-order valence-corrected chi connectivity index (χ4v) is 1.71. The zero-order chi connectivity index (χ0) is 10.1. The van der Waals surface area contributed by atoms with Crippen molar-refractivity contribution in [2.75, 3.05) is 0 Å². The summed E-state index contributed by atoms with van der Waals surface area (Å²) in [7, 11) is 0. The van der Waals surface area contributed by atoms with Gasteiger partial charge in [-0.1, -0.05) is 13.0 Å². The van der Waals surface area contributed by atoms with Gasteiger partial charge in [0.25, 0.3) is 0 Å². The Morgan fingerprint density at radius 2 is 2.21 bits per heavy atom. The van der Waals surface area contributed by atoms with E-state index in [1.807, 2.05) is 6.92 Å². The molecule has 0 bridgehead atoms. The third-order valence-electron chi connectivity index (χ3n) is 2.65. The molecular weight excluding hydrogens is 179 g/mol. The molecule has 1 aromatic carbocycles. The van der Waals surface area contributed by atoms with Crippen LogP contribution in [0.3, 0.4) is 0 Å². The van der Waals surface area contributed by atoms with E-state index in [0.717, 1.165) is 18.4 Å². The average Bonchev–Trinajstić information content (AvgIpc) is 3.00. The van der Waals surface area contributed by atoms with Gasteiger partial charge in [0.1, 0.15) is 5.82 Å². The average molecular weight is 192 g/mol. The number of hydrogen-bond donors (Lipinski definition) is 0. The summed E-state index contributed by atoms with van der Waals surface area (Å²) in [6, 6.07) is 4.58. The topological polar surface area (TPSA) is 17.1 Å². The highest BCUT2D eigenvalue weighted by Gasteiger charge is 2.27. The Labute approximate surface area is 82.9 Å². The maximum atomic E-state index is 13.0. The molecule has 2 rings (SSSR count). The van der Waals surface area contributed by atoms with Crippen LogP contribution in [0, 0.1) is 5.82 Å². The minimum atomic E-state index is -0.314. The third-order valence-corrected chi connectivity index (χ3v) is 2.65. The number of halogens is 1. The second kappa shape index (κ2) is 3.52. The van der Waals surface area contributed by atoms with E-state index in [0.29, 0.717) is 17.9 Å². The van der Waals surface area contributed by atoms with Gasteiger partial charge < -0.3 is 0 Å². The molecule has 0 heterocycles. The number of rotatable bonds is 3. The number of carbonyl (C=O) groups is 1. The highest BCUT2D eigenvalue weighted by molar-refractivity contribution is 5.97. The summed E-state index contributed by atoms with van der Waals surface area (Å²) in [5.41, 5.74) is 1.63. The van der Waals surface area contributed by atoms with Gasteiger partial charge in [0.05, 0.1) is 0 Å². The number of hydrogen-bond acceptors (Lipinski definition) is 1. The van der Waals surface area contributed by atoms with Crippen molar-refractivity contribution in [1.29, 1.82) is 0 Å². The molecule has 14 heavy (non-hydrogen) atoms. The Morgan fingerprint density at radius 3 is 2.79 bits per heavy atom. The van der Waals surface area contributed by atoms with E-state index in [-0.39, 0.29) is 11.6 Å². The van der Waals surface area contributed by atoms with Crippen LogP contribution in [0.25, 0.3) is 0 Å². The molecule has 0 unspecified atom stereocenters. The molecule has 0 N–H and O–H groups in total. The van der Waals surface area contributed by atoms with Crippen molar-refractivity contribution in [3.8, 4) is 0 Å². The Kier molecular flexibility index (Phi) is 2.36. The molecule has 0 saturated heterocycles. The van der Waals surface area contributed by atoms with Crippen LogP contribution in [0.2, 0.25) is 0 Å². The van der Waals surface area contributed by atoms with E-state index in [2.05, 4.69) is 0 Å². The smallest absolute Gasteiger partial charge is 0.162 e. The van der Waals surface area contributed by atoms with Crippen molar-refractivity contribution in [3.05, 3.63) is 35.1 Å². The van der Waals surface area contributed by atoms with Crippen molar-refractivity contribution in [1.82, 2.24) is 0 Å². The van der Waals surface area contributed by atoms with E-state index in [4.69, 9.17) is 0 Å². The summed E-state index contributed by atoms with van der Waals surface area (Å²) >= 11 is 0. The van der Waals surface area contributed by atoms with E-state index >= 15 is 0 Å². The highest BCUT2D eigenvalue weighted by Crippen LogP contribution is 2.42. The van der Waals surface area contributed by atoms with Gasteiger partial charge in [-0.05, 0) is 36.5 Å². The largest absolute Gasteiger partial charge is 0.294 e. The summed E-state index contributed by atoms with van der Waals surface area (Å²) in [5.74, 6) is 0.235. The van der Waals surface area contributed by atoms with Crippen LogP contribution in [0.5, 0.6) is 0 Å². The number of ketones is 1. The fraction of sp³-hybridized carbons (Fsp3) is 0.417. The van der Waals surface area contributed by atoms with Crippen molar-refractivity contribution in [2.24, 2.45) is 0 Å². The standard InChI is InChI=1S/C12H13FO/c1-2-12(14)11-7-9(13)5-6-10(11)8-3-4-8/h5-8H,2-4H2,1H3. The quantitative estimate of drug-likeness (QED) is 0.671. The van der Waals surface area contributed by atoms with E-state index in [9.17, 15) is 9.18 Å². The van der Waals surface area contributed by atoms with Crippen molar-refractivity contribution in [3.63, 3.8) is 0 Å². The number of Topliss-reactive ketones (excluding diaryl/α,β-unsaturated/α-hetero) is 1. The Bertz CT molecular complexity index is 367. The Balaban J connectivity index is 2.42. The van der Waals surface area contributed by atoms with E-state index < -0.39 is 0 Å². The van der Waals surface area contributed by atoms with E-state index in [1.165, 1.54) is 12.1 Å². The molecule has 1 saturated carbocycles. The van der Waals surface area contributed by atoms with Gasteiger partial charge in [0, 0.05) is 12.0 Å². The Morgan fingerprint density at radius 1 is 1.50 bits per heavy atom. The van der Waals surface area contributed by atoms with Gasteiger partial charge in [0.15, 0.2) is 5.78 Å². The van der Waals surface area contributed by atoms with Crippen molar-refractivity contribution >= 4 is 5.78 Å². The maximum absolute atomic E-state index is 13.0. The molecule has 0 amide bonds. The van der Waals surface area contributed by atoms with Crippen LogP contribution in [-0.4, -0.2) is 5.78 Å². The normalized spacial score (nSPS) is 15.6. The molecule has 74 valence electrons. The molecule has 1 fully saturated rings. The molecule has 0 spiro atoms. The van der Waals surface area contributed by atoms with Crippen LogP contribution in [-0.2, 0) is 0 Å². The second-order valence-corrected chi connectivity index (χ2v) is 3.78. The molecule has 1 aliphatic rings. The van der Waals surface area contributed by atoms with Crippen molar-refractivity contribution < 1.29 is 9.18 Å². The minimum absolute atomic E-state index is 0.0476. The lowest BCUT2D eigenvalue weighted by atomic mass is 9.98. The van der Waals surface area contributed by atoms with Gasteiger partial charge >= 0.3 is 0 Å². The lowest BCUT2D eigenvalue weighted by molar-refractivity contribution is 0.0986. The predicted molar refractivity (Wildman–Crippen MR) is 53.0 cm³/mol. The lowest BCUT2D eigenvalue weighted by Crippen LogP contribution is -2.02. The SMILES string of the molecule is CCC(=O)c1cc(F)ccc1C1CC1. The van der Waals surface area contributed by atoms with Gasteiger partial charge in [0.2, 0.25) is 0 Å². The number of carbonyl (C=O) groups excluding carboxylic acids is 1. The molecule has 0 aliphatic heterocycles. The van der Waals surface area contributed by atoms with E-state index in [1.54, 1.807) is 6.07 Å². The zero-order valence-corrected chi connectivity index (χ0v) is 8.22. The lowest BCUT2D eigenvalue weighted by Gasteiger charge is -2.06. The summed E-state index contributed by atoms with van der Waals surface area (Å²) in [5, 5.41) is 0. The zero-order valence-electron chi connectivity index (χ0n) is 8.22. The maximum Gasteiger partial charge on any atom is 0.162 e. The highest BCUT2D eigenvalue weighted by atomic mass is 19.1. The summed E-state index contributed by atoms with van der Waals surface area (Å²) in [6.07, 6.45) is 2.72. The molecule has 0 aromatic heterocycles. The molecular formula is C12H13FO. The minimum Gasteiger partial charge on any atom is -0.294 e. The van der Waals surface area contributed by atoms with Crippen LogP contribution in [0.1, 0.15) is 48.0 Å². The summed E-state index contributed by atoms with van der Waals surface area (Å²) < 4.78 is 13.0. The second-order valence-electron chi connectivity index (χ2n) is 3.78. The molecule has 0 atom stereocenters. The van der Waals surface area contributed by atoms with Crippen LogP contribution >= 0.6 is 0 Å². The monoisotopic (exact) mass is 192 g/mol. The van der Waals surface area contributed by atoms with Crippen LogP contribution < -0.4 is 0 Å². The summed E-state index contributed by atoms with van der Waals surface area (Å²) in [4.78, 5) is 11.6. The van der Waals surface area contributed by atoms with Crippen LogP contribution in [0.15, 0.2) is 18.2 Å². The van der Waals surface area contributed by atoms with Crippen molar-refractivity contribution in [2.45, 2.75) is 32.1 Å². The first-order valence-corrected chi connectivity index (χ1v) is 5.05. The third kappa shape index (κ3) is 1.69. The molecule has 1 aromatic rings. The predicted octanol–water partition coefficient (Wildman–Crippen LogP) is 3.30. The Hall–Kier alpha value is -1.18. The first-order chi connectivity index (χ1) is 6.72. The van der Waals surface area contributed by atoms with Gasteiger partial charge in [-0.25, -0.2) is 4.39 Å². The molecule has 1 nitrogen and oxygen atoms in total. The van der Waals surface area contributed by atoms with Crippen LogP contribution in [0.4, 0.5) is 4.39 Å². The van der Waals surface area contributed by atoms with Gasteiger partial charge in [-0.15, -0.1) is 0 Å². The molecule has 1 aliphatic carbocycles. The molecule has 0 radical (unpaired) electrons.